The molecular weight excluding hydrogens is 420 g/mol. The van der Waals surface area contributed by atoms with Gasteiger partial charge in [0.1, 0.15) is 0 Å². The van der Waals surface area contributed by atoms with Crippen molar-refractivity contribution in [3.05, 3.63) is 89.2 Å². The van der Waals surface area contributed by atoms with Crippen LogP contribution in [0.3, 0.4) is 0 Å². The van der Waals surface area contributed by atoms with Gasteiger partial charge in [0.25, 0.3) is 5.91 Å². The molecule has 5 rings (SSSR count). The minimum atomic E-state index is 0.0250. The number of amides is 1. The fraction of sp³-hybridized carbons (Fsp3) is 0.192. The summed E-state index contributed by atoms with van der Waals surface area (Å²) >= 11 is 6.39. The monoisotopic (exact) mass is 442 g/mol. The van der Waals surface area contributed by atoms with Gasteiger partial charge in [-0.1, -0.05) is 35.9 Å². The second kappa shape index (κ2) is 8.60. The molecule has 0 radical (unpaired) electrons. The number of halogens is 1. The predicted octanol–water partition coefficient (Wildman–Crippen LogP) is 5.22. The summed E-state index contributed by atoms with van der Waals surface area (Å²) in [6, 6.07) is 19.8. The van der Waals surface area contributed by atoms with E-state index in [1.807, 2.05) is 60.4 Å². The molecule has 4 aromatic rings. The van der Waals surface area contributed by atoms with E-state index < -0.39 is 0 Å². The van der Waals surface area contributed by atoms with Crippen LogP contribution in [0.15, 0.2) is 73.1 Å². The molecule has 0 N–H and O–H groups in total. The molecule has 6 heteroatoms. The Bertz CT molecular complexity index is 1270. The lowest BCUT2D eigenvalue weighted by molar-refractivity contribution is 0.0748. The molecule has 160 valence electrons. The Hall–Kier alpha value is -3.44. The number of anilines is 1. The highest BCUT2D eigenvalue weighted by Gasteiger charge is 2.25. The van der Waals surface area contributed by atoms with Crippen molar-refractivity contribution in [1.29, 1.82) is 0 Å². The molecule has 2 aromatic carbocycles. The molecule has 0 spiro atoms. The minimum absolute atomic E-state index is 0.0250. The number of para-hydroxylation sites is 1. The molecule has 2 aromatic heterocycles. The van der Waals surface area contributed by atoms with Gasteiger partial charge in [0.05, 0.1) is 16.8 Å². The van der Waals surface area contributed by atoms with Gasteiger partial charge in [-0.3, -0.25) is 9.78 Å². The van der Waals surface area contributed by atoms with Crippen LogP contribution < -0.4 is 4.90 Å². The lowest BCUT2D eigenvalue weighted by Crippen LogP contribution is -2.48. The maximum atomic E-state index is 13.7. The van der Waals surface area contributed by atoms with E-state index in [0.717, 1.165) is 40.8 Å². The Labute approximate surface area is 192 Å². The second-order valence-electron chi connectivity index (χ2n) is 7.98. The van der Waals surface area contributed by atoms with Crippen LogP contribution >= 0.6 is 11.6 Å². The molecule has 32 heavy (non-hydrogen) atoms. The van der Waals surface area contributed by atoms with Gasteiger partial charge < -0.3 is 9.80 Å². The third-order valence-corrected chi connectivity index (χ3v) is 6.45. The van der Waals surface area contributed by atoms with Crippen molar-refractivity contribution in [2.24, 2.45) is 0 Å². The topological polar surface area (TPSA) is 49.3 Å². The Balaban J connectivity index is 1.50. The van der Waals surface area contributed by atoms with Gasteiger partial charge in [0.2, 0.25) is 0 Å². The number of hydrogen-bond donors (Lipinski definition) is 0. The van der Waals surface area contributed by atoms with Crippen LogP contribution in [-0.4, -0.2) is 47.0 Å². The van der Waals surface area contributed by atoms with Gasteiger partial charge in [0.15, 0.2) is 0 Å². The molecule has 1 amide bonds. The fourth-order valence-corrected chi connectivity index (χ4v) is 4.37. The quantitative estimate of drug-likeness (QED) is 0.436. The summed E-state index contributed by atoms with van der Waals surface area (Å²) in [5, 5.41) is 1.47. The van der Waals surface area contributed by atoms with Crippen molar-refractivity contribution < 1.29 is 4.79 Å². The van der Waals surface area contributed by atoms with Gasteiger partial charge in [0, 0.05) is 60.2 Å². The van der Waals surface area contributed by atoms with Gasteiger partial charge in [-0.2, -0.15) is 0 Å². The van der Waals surface area contributed by atoms with E-state index in [9.17, 15) is 4.79 Å². The Morgan fingerprint density at radius 3 is 2.47 bits per heavy atom. The first-order valence-electron chi connectivity index (χ1n) is 10.7. The van der Waals surface area contributed by atoms with Crippen molar-refractivity contribution in [2.75, 3.05) is 31.1 Å². The average molecular weight is 443 g/mol. The number of benzene rings is 2. The molecule has 1 fully saturated rings. The third kappa shape index (κ3) is 3.80. The van der Waals surface area contributed by atoms with Crippen LogP contribution in [0.5, 0.6) is 0 Å². The molecular formula is C26H23ClN4O. The standard InChI is InChI=1S/C26H23ClN4O/c1-18-23(27)10-9-21-22(16-24(29-25(18)21)19-6-5-11-28-17-19)26(32)31-14-12-30(13-15-31)20-7-3-2-4-8-20/h2-11,16-17H,12-15H2,1H3. The number of carbonyl (C=O) groups is 1. The van der Waals surface area contributed by atoms with Crippen LogP contribution in [0, 0.1) is 6.92 Å². The SMILES string of the molecule is Cc1c(Cl)ccc2c(C(=O)N3CCN(c4ccccc4)CC3)cc(-c3cccnc3)nc12. The Morgan fingerprint density at radius 2 is 1.75 bits per heavy atom. The van der Waals surface area contributed by atoms with E-state index in [4.69, 9.17) is 16.6 Å². The summed E-state index contributed by atoms with van der Waals surface area (Å²) in [6.07, 6.45) is 3.49. The first kappa shape index (κ1) is 20.5. The summed E-state index contributed by atoms with van der Waals surface area (Å²) in [5.41, 5.74) is 5.07. The smallest absolute Gasteiger partial charge is 0.254 e. The first-order valence-corrected chi connectivity index (χ1v) is 11.1. The number of rotatable bonds is 3. The zero-order valence-electron chi connectivity index (χ0n) is 17.8. The van der Waals surface area contributed by atoms with Crippen LogP contribution in [-0.2, 0) is 0 Å². The molecule has 0 aliphatic carbocycles. The van der Waals surface area contributed by atoms with E-state index in [0.29, 0.717) is 23.7 Å². The number of hydrogen-bond acceptors (Lipinski definition) is 4. The van der Waals surface area contributed by atoms with Gasteiger partial charge >= 0.3 is 0 Å². The fourth-order valence-electron chi connectivity index (χ4n) is 4.22. The van der Waals surface area contributed by atoms with E-state index in [1.165, 1.54) is 5.69 Å². The summed E-state index contributed by atoms with van der Waals surface area (Å²) < 4.78 is 0. The number of fused-ring (bicyclic) bond motifs is 1. The largest absolute Gasteiger partial charge is 0.368 e. The first-order chi connectivity index (χ1) is 15.6. The number of aryl methyl sites for hydroxylation is 1. The van der Waals surface area contributed by atoms with Crippen molar-refractivity contribution in [3.8, 4) is 11.3 Å². The van der Waals surface area contributed by atoms with Crippen molar-refractivity contribution in [3.63, 3.8) is 0 Å². The second-order valence-corrected chi connectivity index (χ2v) is 8.39. The third-order valence-electron chi connectivity index (χ3n) is 6.04. The number of carbonyl (C=O) groups excluding carboxylic acids is 1. The molecule has 3 heterocycles. The molecule has 0 unspecified atom stereocenters. The summed E-state index contributed by atoms with van der Waals surface area (Å²) in [5.74, 6) is 0.0250. The predicted molar refractivity (Wildman–Crippen MR) is 129 cm³/mol. The van der Waals surface area contributed by atoms with Crippen LogP contribution in [0.2, 0.25) is 5.02 Å². The number of aromatic nitrogens is 2. The summed E-state index contributed by atoms with van der Waals surface area (Å²) in [6.45, 7) is 4.90. The van der Waals surface area contributed by atoms with Gasteiger partial charge in [-0.05, 0) is 48.9 Å². The molecule has 0 atom stereocenters. The molecule has 0 saturated carbocycles. The van der Waals surface area contributed by atoms with E-state index in [-0.39, 0.29) is 5.91 Å². The van der Waals surface area contributed by atoms with Crippen molar-refractivity contribution in [1.82, 2.24) is 14.9 Å². The zero-order chi connectivity index (χ0) is 22.1. The summed E-state index contributed by atoms with van der Waals surface area (Å²) in [4.78, 5) is 27.0. The number of piperazine rings is 1. The minimum Gasteiger partial charge on any atom is -0.368 e. The average Bonchev–Trinajstić information content (AvgIpc) is 2.86. The van der Waals surface area contributed by atoms with Crippen molar-refractivity contribution >= 4 is 34.1 Å². The highest BCUT2D eigenvalue weighted by Crippen LogP contribution is 2.31. The van der Waals surface area contributed by atoms with Crippen LogP contribution in [0.4, 0.5) is 5.69 Å². The highest BCUT2D eigenvalue weighted by atomic mass is 35.5. The van der Waals surface area contributed by atoms with Crippen LogP contribution in [0.1, 0.15) is 15.9 Å². The maximum absolute atomic E-state index is 13.7. The highest BCUT2D eigenvalue weighted by molar-refractivity contribution is 6.32. The normalized spacial score (nSPS) is 14.1. The lowest BCUT2D eigenvalue weighted by atomic mass is 10.0. The molecule has 0 bridgehead atoms. The Morgan fingerprint density at radius 1 is 0.969 bits per heavy atom. The van der Waals surface area contributed by atoms with Gasteiger partial charge in [-0.25, -0.2) is 4.98 Å². The van der Waals surface area contributed by atoms with Gasteiger partial charge in [-0.15, -0.1) is 0 Å². The Kier molecular flexibility index (Phi) is 5.50. The molecule has 5 nitrogen and oxygen atoms in total. The number of nitrogens with zero attached hydrogens (tertiary/aromatic N) is 4. The summed E-state index contributed by atoms with van der Waals surface area (Å²) in [7, 11) is 0. The van der Waals surface area contributed by atoms with Crippen LogP contribution in [0.25, 0.3) is 22.2 Å². The molecule has 1 aliphatic rings. The lowest BCUT2D eigenvalue weighted by Gasteiger charge is -2.36. The number of pyridine rings is 2. The maximum Gasteiger partial charge on any atom is 0.254 e. The molecule has 1 aliphatic heterocycles. The molecule has 1 saturated heterocycles. The van der Waals surface area contributed by atoms with E-state index in [1.54, 1.807) is 12.4 Å². The van der Waals surface area contributed by atoms with E-state index in [2.05, 4.69) is 22.0 Å². The van der Waals surface area contributed by atoms with E-state index >= 15 is 0 Å². The van der Waals surface area contributed by atoms with Crippen molar-refractivity contribution in [2.45, 2.75) is 6.92 Å². The zero-order valence-corrected chi connectivity index (χ0v) is 18.6.